The van der Waals surface area contributed by atoms with Gasteiger partial charge < -0.3 is 10.2 Å². The Kier molecular flexibility index (Phi) is 5.76. The van der Waals surface area contributed by atoms with Crippen LogP contribution in [0.1, 0.15) is 91.3 Å². The minimum absolute atomic E-state index is 0.231. The van der Waals surface area contributed by atoms with Crippen LogP contribution in [0.3, 0.4) is 0 Å². The molecule has 0 saturated carbocycles. The van der Waals surface area contributed by atoms with Crippen molar-refractivity contribution in [3.63, 3.8) is 0 Å². The van der Waals surface area contributed by atoms with E-state index < -0.39 is 11.2 Å². The largest absolute Gasteiger partial charge is 0.386 e. The highest BCUT2D eigenvalue weighted by Gasteiger charge is 2.28. The summed E-state index contributed by atoms with van der Waals surface area (Å²) in [5.41, 5.74) is 1.35. The molecule has 2 heteroatoms. The minimum atomic E-state index is -0.917. The van der Waals surface area contributed by atoms with E-state index in [2.05, 4.69) is 46.8 Å². The van der Waals surface area contributed by atoms with Gasteiger partial charge in [0.25, 0.3) is 0 Å². The zero-order valence-electron chi connectivity index (χ0n) is 16.5. The maximum Gasteiger partial charge on any atom is 0.0840 e. The van der Waals surface area contributed by atoms with Crippen LogP contribution >= 0.6 is 0 Å². The van der Waals surface area contributed by atoms with Crippen LogP contribution in [-0.4, -0.2) is 10.2 Å². The first-order chi connectivity index (χ1) is 10.1. The summed E-state index contributed by atoms with van der Waals surface area (Å²) in [4.78, 5) is 0. The minimum Gasteiger partial charge on any atom is -0.386 e. The van der Waals surface area contributed by atoms with E-state index in [9.17, 15) is 10.2 Å². The molecule has 1 rings (SSSR count). The standard InChI is InChI=1S/C21H36O2/c1-14(2)18(13-19(3,4)5)15-10-16(20(6,7)22)12-17(11-15)21(8,9)23/h10-12,14,18,22-23H,13H2,1-9H3. The molecular formula is C21H36O2. The van der Waals surface area contributed by atoms with Crippen LogP contribution in [0, 0.1) is 11.3 Å². The number of hydrogen-bond donors (Lipinski definition) is 2. The highest BCUT2D eigenvalue weighted by molar-refractivity contribution is 5.37. The van der Waals surface area contributed by atoms with E-state index in [0.717, 1.165) is 17.5 Å². The van der Waals surface area contributed by atoms with Gasteiger partial charge in [-0.25, -0.2) is 0 Å². The van der Waals surface area contributed by atoms with Crippen LogP contribution in [0.2, 0.25) is 0 Å². The van der Waals surface area contributed by atoms with Crippen LogP contribution in [0.15, 0.2) is 18.2 Å². The van der Waals surface area contributed by atoms with E-state index in [1.54, 1.807) is 27.7 Å². The summed E-state index contributed by atoms with van der Waals surface area (Å²) < 4.78 is 0. The summed E-state index contributed by atoms with van der Waals surface area (Å²) in [5.74, 6) is 0.902. The monoisotopic (exact) mass is 320 g/mol. The van der Waals surface area contributed by atoms with Gasteiger partial charge in [-0.1, -0.05) is 52.8 Å². The Labute approximate surface area is 142 Å². The number of aliphatic hydroxyl groups is 2. The lowest BCUT2D eigenvalue weighted by Crippen LogP contribution is -2.23. The zero-order chi connectivity index (χ0) is 18.2. The normalized spacial score (nSPS) is 15.1. The lowest BCUT2D eigenvalue weighted by atomic mass is 9.74. The van der Waals surface area contributed by atoms with Gasteiger partial charge in [-0.3, -0.25) is 0 Å². The van der Waals surface area contributed by atoms with E-state index in [-0.39, 0.29) is 5.41 Å². The smallest absolute Gasteiger partial charge is 0.0840 e. The Bertz CT molecular complexity index is 490. The summed E-state index contributed by atoms with van der Waals surface area (Å²) in [6.45, 7) is 18.5. The van der Waals surface area contributed by atoms with Gasteiger partial charge in [0.15, 0.2) is 0 Å². The first kappa shape index (κ1) is 20.2. The molecular weight excluding hydrogens is 284 g/mol. The van der Waals surface area contributed by atoms with Gasteiger partial charge in [-0.05, 0) is 68.1 Å². The molecule has 2 N–H and O–H groups in total. The van der Waals surface area contributed by atoms with E-state index in [1.165, 1.54) is 5.56 Å². The second-order valence-corrected chi connectivity index (χ2v) is 9.58. The predicted molar refractivity (Wildman–Crippen MR) is 98.6 cm³/mol. The summed E-state index contributed by atoms with van der Waals surface area (Å²) in [6, 6.07) is 6.16. The maximum absolute atomic E-state index is 10.5. The number of rotatable bonds is 5. The molecule has 2 nitrogen and oxygen atoms in total. The van der Waals surface area contributed by atoms with Gasteiger partial charge in [0.2, 0.25) is 0 Å². The van der Waals surface area contributed by atoms with E-state index in [0.29, 0.717) is 11.8 Å². The van der Waals surface area contributed by atoms with Gasteiger partial charge in [0.1, 0.15) is 0 Å². The molecule has 0 aromatic heterocycles. The lowest BCUT2D eigenvalue weighted by molar-refractivity contribution is 0.0715. The molecule has 0 saturated heterocycles. The van der Waals surface area contributed by atoms with Crippen molar-refractivity contribution >= 4 is 0 Å². The van der Waals surface area contributed by atoms with Gasteiger partial charge in [-0.15, -0.1) is 0 Å². The van der Waals surface area contributed by atoms with E-state index >= 15 is 0 Å². The average Bonchev–Trinajstić information content (AvgIpc) is 2.32. The van der Waals surface area contributed by atoms with Crippen molar-refractivity contribution in [3.05, 3.63) is 34.9 Å². The predicted octanol–water partition coefficient (Wildman–Crippen LogP) is 5.32. The van der Waals surface area contributed by atoms with Crippen molar-refractivity contribution in [2.24, 2.45) is 11.3 Å². The fourth-order valence-corrected chi connectivity index (χ4v) is 2.97. The van der Waals surface area contributed by atoms with Crippen LogP contribution in [-0.2, 0) is 11.2 Å². The molecule has 0 bridgehead atoms. The van der Waals surface area contributed by atoms with Gasteiger partial charge >= 0.3 is 0 Å². The third kappa shape index (κ3) is 5.93. The summed E-state index contributed by atoms with van der Waals surface area (Å²) in [5, 5.41) is 20.9. The Morgan fingerprint density at radius 1 is 0.783 bits per heavy atom. The SMILES string of the molecule is CC(C)C(CC(C)(C)C)c1cc(C(C)(C)O)cc(C(C)(C)O)c1. The third-order valence-electron chi connectivity index (χ3n) is 4.43. The molecule has 0 spiro atoms. The molecule has 132 valence electrons. The molecule has 0 aliphatic rings. The number of hydrogen-bond acceptors (Lipinski definition) is 2. The first-order valence-corrected chi connectivity index (χ1v) is 8.72. The van der Waals surface area contributed by atoms with Crippen molar-refractivity contribution in [3.8, 4) is 0 Å². The average molecular weight is 321 g/mol. The van der Waals surface area contributed by atoms with Crippen molar-refractivity contribution in [2.45, 2.75) is 85.9 Å². The lowest BCUT2D eigenvalue weighted by Gasteiger charge is -2.32. The fraction of sp³-hybridized carbons (Fsp3) is 0.714. The van der Waals surface area contributed by atoms with Crippen LogP contribution in [0.25, 0.3) is 0 Å². The summed E-state index contributed by atoms with van der Waals surface area (Å²) in [6.07, 6.45) is 1.07. The highest BCUT2D eigenvalue weighted by Crippen LogP contribution is 2.39. The quantitative estimate of drug-likeness (QED) is 0.771. The second-order valence-electron chi connectivity index (χ2n) is 9.58. The Morgan fingerprint density at radius 3 is 1.43 bits per heavy atom. The topological polar surface area (TPSA) is 40.5 Å². The molecule has 1 atom stereocenters. The summed E-state index contributed by atoms with van der Waals surface area (Å²) in [7, 11) is 0. The van der Waals surface area contributed by atoms with Crippen molar-refractivity contribution in [1.82, 2.24) is 0 Å². The van der Waals surface area contributed by atoms with Crippen LogP contribution in [0.5, 0.6) is 0 Å². The van der Waals surface area contributed by atoms with Crippen LogP contribution in [0.4, 0.5) is 0 Å². The Morgan fingerprint density at radius 2 is 1.17 bits per heavy atom. The molecule has 23 heavy (non-hydrogen) atoms. The summed E-state index contributed by atoms with van der Waals surface area (Å²) >= 11 is 0. The van der Waals surface area contributed by atoms with Crippen molar-refractivity contribution < 1.29 is 10.2 Å². The van der Waals surface area contributed by atoms with Crippen molar-refractivity contribution in [2.75, 3.05) is 0 Å². The third-order valence-corrected chi connectivity index (χ3v) is 4.43. The molecule has 1 unspecified atom stereocenters. The molecule has 0 radical (unpaired) electrons. The Balaban J connectivity index is 3.48. The molecule has 0 amide bonds. The van der Waals surface area contributed by atoms with Gasteiger partial charge in [0.05, 0.1) is 11.2 Å². The maximum atomic E-state index is 10.5. The number of benzene rings is 1. The first-order valence-electron chi connectivity index (χ1n) is 8.72. The molecule has 0 fully saturated rings. The molecule has 0 aliphatic carbocycles. The molecule has 1 aromatic carbocycles. The zero-order valence-corrected chi connectivity index (χ0v) is 16.5. The molecule has 0 aliphatic heterocycles. The van der Waals surface area contributed by atoms with Crippen LogP contribution < -0.4 is 0 Å². The fourth-order valence-electron chi connectivity index (χ4n) is 2.97. The van der Waals surface area contributed by atoms with Crippen molar-refractivity contribution in [1.29, 1.82) is 0 Å². The molecule has 0 heterocycles. The Hall–Kier alpha value is -0.860. The highest BCUT2D eigenvalue weighted by atomic mass is 16.3. The van der Waals surface area contributed by atoms with Gasteiger partial charge in [0, 0.05) is 0 Å². The second kappa shape index (κ2) is 6.57. The van der Waals surface area contributed by atoms with Gasteiger partial charge in [-0.2, -0.15) is 0 Å². The molecule has 1 aromatic rings. The van der Waals surface area contributed by atoms with E-state index in [1.807, 2.05) is 6.07 Å². The van der Waals surface area contributed by atoms with E-state index in [4.69, 9.17) is 0 Å².